The zero-order valence-corrected chi connectivity index (χ0v) is 10.9. The number of hydrogen-bond donors (Lipinski definition) is 1. The Balaban J connectivity index is 2.03. The van der Waals surface area contributed by atoms with Crippen LogP contribution in [0.3, 0.4) is 0 Å². The van der Waals surface area contributed by atoms with Crippen LogP contribution < -0.4 is 10.7 Å². The van der Waals surface area contributed by atoms with E-state index in [2.05, 4.69) is 68.3 Å². The van der Waals surface area contributed by atoms with Crippen molar-refractivity contribution in [2.24, 2.45) is 0 Å². The Hall–Kier alpha value is -0.995. The maximum atomic E-state index is 3.65. The second kappa shape index (κ2) is 4.11. The van der Waals surface area contributed by atoms with Gasteiger partial charge in [-0.25, -0.2) is 0 Å². The quantitative estimate of drug-likeness (QED) is 0.794. The molecule has 1 aliphatic heterocycles. The Morgan fingerprint density at radius 3 is 2.88 bits per heavy atom. The Kier molecular flexibility index (Phi) is 2.61. The van der Waals surface area contributed by atoms with E-state index in [1.165, 1.54) is 21.1 Å². The van der Waals surface area contributed by atoms with Crippen molar-refractivity contribution in [1.82, 2.24) is 0 Å². The van der Waals surface area contributed by atoms with E-state index in [1.54, 1.807) is 11.3 Å². The second-order valence-corrected chi connectivity index (χ2v) is 5.45. The van der Waals surface area contributed by atoms with Crippen LogP contribution in [0.25, 0.3) is 6.08 Å². The van der Waals surface area contributed by atoms with E-state index in [4.69, 9.17) is 0 Å². The highest BCUT2D eigenvalue weighted by Crippen LogP contribution is 2.27. The Bertz CT molecular complexity index is 536. The van der Waals surface area contributed by atoms with Crippen molar-refractivity contribution < 1.29 is 0 Å². The smallest absolute Gasteiger partial charge is 0.329 e. The molecule has 0 amide bonds. The van der Waals surface area contributed by atoms with Crippen molar-refractivity contribution in [1.29, 1.82) is 0 Å². The van der Waals surface area contributed by atoms with Crippen molar-refractivity contribution in [2.45, 2.75) is 0 Å². The number of benzene rings is 1. The first-order chi connectivity index (χ1) is 7.84. The first-order valence-electron chi connectivity index (χ1n) is 5.09. The molecule has 0 bridgehead atoms. The van der Waals surface area contributed by atoms with Crippen LogP contribution in [-0.4, -0.2) is 6.85 Å². The molecular weight excluding hydrogens is 281 g/mol. The van der Waals surface area contributed by atoms with E-state index in [0.29, 0.717) is 0 Å². The summed E-state index contributed by atoms with van der Waals surface area (Å²) >= 11 is 5.38. The maximum Gasteiger partial charge on any atom is 0.329 e. The number of anilines is 1. The third-order valence-corrected chi connectivity index (χ3v) is 4.09. The molecule has 3 rings (SSSR count). The summed E-state index contributed by atoms with van der Waals surface area (Å²) in [6.45, 7) is 0.251. The first kappa shape index (κ1) is 10.2. The summed E-state index contributed by atoms with van der Waals surface area (Å²) in [6, 6.07) is 10.5. The lowest BCUT2D eigenvalue weighted by Crippen LogP contribution is -2.40. The third kappa shape index (κ3) is 1.72. The lowest BCUT2D eigenvalue weighted by Gasteiger charge is -2.22. The van der Waals surface area contributed by atoms with Gasteiger partial charge in [0.25, 0.3) is 0 Å². The molecule has 1 aromatic carbocycles. The van der Waals surface area contributed by atoms with Crippen LogP contribution in [-0.2, 0) is 0 Å². The summed E-state index contributed by atoms with van der Waals surface area (Å²) in [5.41, 5.74) is 3.74. The SMILES string of the molecule is BrC1=Cc2ccccc2NB1c1ccsc1. The van der Waals surface area contributed by atoms with Gasteiger partial charge in [-0.2, -0.15) is 11.3 Å². The molecule has 2 heterocycles. The number of fused-ring (bicyclic) bond motifs is 1. The van der Waals surface area contributed by atoms with E-state index in [-0.39, 0.29) is 6.85 Å². The Morgan fingerprint density at radius 1 is 1.19 bits per heavy atom. The van der Waals surface area contributed by atoms with Crippen LogP contribution >= 0.6 is 27.3 Å². The Labute approximate surface area is 107 Å². The van der Waals surface area contributed by atoms with Gasteiger partial charge >= 0.3 is 6.85 Å². The number of nitrogens with one attached hydrogen (secondary N) is 1. The van der Waals surface area contributed by atoms with Gasteiger partial charge in [-0.15, -0.1) is 0 Å². The minimum atomic E-state index is 0.251. The molecule has 0 atom stereocenters. The summed E-state index contributed by atoms with van der Waals surface area (Å²) in [5.74, 6) is 0. The lowest BCUT2D eigenvalue weighted by molar-refractivity contribution is 1.60. The highest BCUT2D eigenvalue weighted by molar-refractivity contribution is 9.12. The first-order valence-corrected chi connectivity index (χ1v) is 6.83. The van der Waals surface area contributed by atoms with Crippen molar-refractivity contribution in [3.63, 3.8) is 0 Å². The van der Waals surface area contributed by atoms with E-state index in [9.17, 15) is 0 Å². The maximum absolute atomic E-state index is 3.65. The molecule has 0 saturated heterocycles. The van der Waals surface area contributed by atoms with E-state index < -0.39 is 0 Å². The number of halogens is 1. The molecule has 16 heavy (non-hydrogen) atoms. The van der Waals surface area contributed by atoms with E-state index in [0.717, 1.165) is 0 Å². The predicted octanol–water partition coefficient (Wildman–Crippen LogP) is 3.35. The van der Waals surface area contributed by atoms with Crippen LogP contribution in [0.4, 0.5) is 5.69 Å². The average molecular weight is 290 g/mol. The summed E-state index contributed by atoms with van der Waals surface area (Å²) in [6.07, 6.45) is 2.19. The van der Waals surface area contributed by atoms with E-state index >= 15 is 0 Å². The molecule has 1 N–H and O–H groups in total. The summed E-state index contributed by atoms with van der Waals surface area (Å²) < 4.78 is 1.18. The minimum Gasteiger partial charge on any atom is -0.419 e. The summed E-state index contributed by atoms with van der Waals surface area (Å²) in [7, 11) is 0. The molecule has 0 saturated carbocycles. The fourth-order valence-corrected chi connectivity index (χ4v) is 3.20. The molecule has 4 heteroatoms. The Morgan fingerprint density at radius 2 is 2.06 bits per heavy atom. The molecule has 1 aromatic heterocycles. The minimum absolute atomic E-state index is 0.251. The third-order valence-electron chi connectivity index (χ3n) is 2.71. The highest BCUT2D eigenvalue weighted by Gasteiger charge is 2.25. The number of rotatable bonds is 1. The van der Waals surface area contributed by atoms with Crippen LogP contribution in [0.1, 0.15) is 5.56 Å². The van der Waals surface area contributed by atoms with Crippen LogP contribution in [0.15, 0.2) is 45.5 Å². The van der Waals surface area contributed by atoms with Crippen molar-refractivity contribution in [3.05, 3.63) is 51.0 Å². The molecule has 0 radical (unpaired) electrons. The lowest BCUT2D eigenvalue weighted by atomic mass is 9.55. The average Bonchev–Trinajstić information content (AvgIpc) is 2.81. The summed E-state index contributed by atoms with van der Waals surface area (Å²) in [4.78, 5) is 0. The van der Waals surface area contributed by atoms with Gasteiger partial charge in [0.15, 0.2) is 0 Å². The predicted molar refractivity (Wildman–Crippen MR) is 76.7 cm³/mol. The van der Waals surface area contributed by atoms with E-state index in [1.807, 2.05) is 0 Å². The normalized spacial score (nSPS) is 14.1. The zero-order valence-electron chi connectivity index (χ0n) is 8.48. The highest BCUT2D eigenvalue weighted by atomic mass is 79.9. The molecule has 78 valence electrons. The number of hydrogen-bond acceptors (Lipinski definition) is 2. The van der Waals surface area contributed by atoms with Crippen molar-refractivity contribution >= 4 is 51.3 Å². The molecule has 2 aromatic rings. The zero-order chi connectivity index (χ0) is 11.0. The number of para-hydroxylation sites is 1. The standard InChI is InChI=1S/C12H9BBrNS/c14-12-7-9-3-1-2-4-11(9)15-13(12)10-5-6-16-8-10/h1-8,15H. The number of thiophene rings is 1. The van der Waals surface area contributed by atoms with Gasteiger partial charge in [0, 0.05) is 5.69 Å². The van der Waals surface area contributed by atoms with Crippen molar-refractivity contribution in [2.75, 3.05) is 5.23 Å². The van der Waals surface area contributed by atoms with Gasteiger partial charge in [-0.1, -0.05) is 40.2 Å². The molecular formula is C12H9BBrNS. The van der Waals surface area contributed by atoms with Gasteiger partial charge in [0.05, 0.1) is 0 Å². The van der Waals surface area contributed by atoms with Crippen molar-refractivity contribution in [3.8, 4) is 0 Å². The molecule has 0 unspecified atom stereocenters. The fraction of sp³-hybridized carbons (Fsp3) is 0. The molecule has 1 nitrogen and oxygen atoms in total. The largest absolute Gasteiger partial charge is 0.419 e. The van der Waals surface area contributed by atoms with Gasteiger partial charge in [-0.3, -0.25) is 0 Å². The second-order valence-electron chi connectivity index (χ2n) is 3.75. The van der Waals surface area contributed by atoms with Gasteiger partial charge in [0.1, 0.15) is 0 Å². The fourth-order valence-electron chi connectivity index (χ4n) is 1.89. The summed E-state index contributed by atoms with van der Waals surface area (Å²) in [5, 5.41) is 7.83. The van der Waals surface area contributed by atoms with Gasteiger partial charge in [0.2, 0.25) is 0 Å². The molecule has 0 fully saturated rings. The molecule has 1 aliphatic rings. The monoisotopic (exact) mass is 289 g/mol. The van der Waals surface area contributed by atoms with Gasteiger partial charge < -0.3 is 5.23 Å². The van der Waals surface area contributed by atoms with Crippen LogP contribution in [0, 0.1) is 0 Å². The van der Waals surface area contributed by atoms with Crippen LogP contribution in [0.2, 0.25) is 0 Å². The molecule has 0 aliphatic carbocycles. The van der Waals surface area contributed by atoms with Crippen LogP contribution in [0.5, 0.6) is 0 Å². The topological polar surface area (TPSA) is 12.0 Å². The molecule has 0 spiro atoms. The van der Waals surface area contributed by atoms with Gasteiger partial charge in [-0.05, 0) is 38.3 Å².